The molecule has 0 amide bonds. The Hall–Kier alpha value is 1.41. The molecule has 0 bridgehead atoms. The van der Waals surface area contributed by atoms with E-state index in [-0.39, 0.29) is 57.5 Å². The van der Waals surface area contributed by atoms with E-state index in [2.05, 4.69) is 0 Å². The molecule has 0 unspecified atom stereocenters. The van der Waals surface area contributed by atoms with Gasteiger partial charge in [-0.3, -0.25) is 0 Å². The normalized spacial score (nSPS) is 4.33. The fourth-order valence-corrected chi connectivity index (χ4v) is 0. The Morgan fingerprint density at radius 3 is 1.17 bits per heavy atom. The van der Waals surface area contributed by atoms with Gasteiger partial charge in [0.2, 0.25) is 0 Å². The molecule has 0 atom stereocenters. The number of ketones is 1. The molecule has 0 rings (SSSR count). The fourth-order valence-electron chi connectivity index (χ4n) is 0. The third kappa shape index (κ3) is 52.9. The van der Waals surface area contributed by atoms with Crippen LogP contribution >= 0.6 is 0 Å². The molecule has 0 aliphatic rings. The minimum Gasteiger partial charge on any atom is -0.300 e. The summed E-state index contributed by atoms with van der Waals surface area (Å²) in [7, 11) is 0. The second-order valence-corrected chi connectivity index (χ2v) is 0.908. The Kier molecular flexibility index (Phi) is 25.2. The van der Waals surface area contributed by atoms with Crippen molar-refractivity contribution in [3.05, 3.63) is 0 Å². The second-order valence-electron chi connectivity index (χ2n) is 0.908. The van der Waals surface area contributed by atoms with Crippen molar-refractivity contribution >= 4 is 57.5 Å². The number of Topliss-reactive ketones (excluding diaryl/α,β-unsaturated/α-hetero) is 1. The Bertz CT molecular complexity index is 31.8. The average Bonchev–Trinajstić information content (AvgIpc) is 0.811. The van der Waals surface area contributed by atoms with Gasteiger partial charge in [-0.1, -0.05) is 0 Å². The Morgan fingerprint density at radius 2 is 1.17 bits per heavy atom. The molecule has 6 heavy (non-hydrogen) atoms. The van der Waals surface area contributed by atoms with Crippen molar-refractivity contribution in [1.29, 1.82) is 0 Å². The van der Waals surface area contributed by atoms with E-state index in [1.165, 1.54) is 13.8 Å². The number of carbonyl (C=O) groups excluding carboxylic acids is 1. The third-order valence-corrected chi connectivity index (χ3v) is 0. The van der Waals surface area contributed by atoms with Crippen molar-refractivity contribution in [3.63, 3.8) is 0 Å². The van der Waals surface area contributed by atoms with Gasteiger partial charge in [0.1, 0.15) is 5.78 Å². The summed E-state index contributed by atoms with van der Waals surface area (Å²) in [6, 6.07) is 0. The summed E-state index contributed by atoms with van der Waals surface area (Å²) in [6.45, 7) is 3.06. The van der Waals surface area contributed by atoms with Crippen LogP contribution in [0, 0.1) is 0 Å². The first-order chi connectivity index (χ1) is 1.73. The van der Waals surface area contributed by atoms with Gasteiger partial charge in [-0.05, 0) is 13.8 Å². The van der Waals surface area contributed by atoms with Crippen LogP contribution in [-0.2, 0) is 4.79 Å². The van der Waals surface area contributed by atoms with E-state index < -0.39 is 0 Å². The van der Waals surface area contributed by atoms with Crippen molar-refractivity contribution < 1.29 is 4.79 Å². The number of carbonyl (C=O) groups is 1. The zero-order chi connectivity index (χ0) is 3.58. The van der Waals surface area contributed by atoms with E-state index in [9.17, 15) is 4.79 Å². The van der Waals surface area contributed by atoms with Gasteiger partial charge in [0, 0.05) is 51.7 Å². The predicted octanol–water partition coefficient (Wildman–Crippen LogP) is -0.166. The monoisotopic (exact) mass is 288 g/mol. The summed E-state index contributed by atoms with van der Waals surface area (Å²) in [5, 5.41) is 0. The van der Waals surface area contributed by atoms with E-state index in [1.807, 2.05) is 0 Å². The van der Waals surface area contributed by atoms with Crippen molar-refractivity contribution in [2.45, 2.75) is 13.8 Å². The summed E-state index contributed by atoms with van der Waals surface area (Å²) in [5.41, 5.74) is 0. The van der Waals surface area contributed by atoms with Crippen molar-refractivity contribution in [3.8, 4) is 0 Å². The predicted molar refractivity (Wildman–Crippen MR) is 27.9 cm³/mol. The summed E-state index contributed by atoms with van der Waals surface area (Å²) >= 11 is 0. The largest absolute Gasteiger partial charge is 0.300 e. The van der Waals surface area contributed by atoms with E-state index in [1.54, 1.807) is 0 Å². The molecule has 0 aromatic rings. The van der Waals surface area contributed by atoms with Crippen LogP contribution in [0.15, 0.2) is 0 Å². The summed E-state index contributed by atoms with van der Waals surface area (Å²) in [6.07, 6.45) is 0. The quantitative estimate of drug-likeness (QED) is 0.605. The summed E-state index contributed by atoms with van der Waals surface area (Å²) in [5.74, 6) is 0.167. The maximum atomic E-state index is 9.44. The van der Waals surface area contributed by atoms with Crippen LogP contribution in [0.3, 0.4) is 0 Å². The number of rotatable bonds is 0. The van der Waals surface area contributed by atoms with Crippen molar-refractivity contribution in [2.75, 3.05) is 0 Å². The van der Waals surface area contributed by atoms with E-state index in [0.29, 0.717) is 0 Å². The molecule has 0 aromatic carbocycles. The van der Waals surface area contributed by atoms with Gasteiger partial charge >= 0.3 is 0 Å². The van der Waals surface area contributed by atoms with Crippen LogP contribution in [0.4, 0.5) is 0 Å². The van der Waals surface area contributed by atoms with Gasteiger partial charge in [0.15, 0.2) is 0 Å². The maximum Gasteiger partial charge on any atom is 0.126 e. The van der Waals surface area contributed by atoms with Crippen LogP contribution in [0.1, 0.15) is 13.8 Å². The van der Waals surface area contributed by atoms with E-state index in [0.717, 1.165) is 0 Å². The first kappa shape index (κ1) is 15.7. The molecule has 0 N–H and O–H groups in total. The average molecular weight is 288 g/mol. The van der Waals surface area contributed by atoms with Crippen LogP contribution in [-0.4, -0.2) is 57.5 Å². The summed E-state index contributed by atoms with van der Waals surface area (Å²) < 4.78 is 0. The van der Waals surface area contributed by atoms with Crippen LogP contribution < -0.4 is 0 Å². The Labute approximate surface area is 75.4 Å². The van der Waals surface area contributed by atoms with Crippen molar-refractivity contribution in [2.24, 2.45) is 0 Å². The molecule has 0 fully saturated rings. The van der Waals surface area contributed by atoms with Crippen LogP contribution in [0.25, 0.3) is 0 Å². The topological polar surface area (TPSA) is 17.1 Å². The molecule has 0 saturated heterocycles. The van der Waals surface area contributed by atoms with Gasteiger partial charge in [-0.25, -0.2) is 0 Å². The van der Waals surface area contributed by atoms with Gasteiger partial charge in [0.25, 0.3) is 0 Å². The molecule has 0 aliphatic carbocycles. The zero-order valence-corrected chi connectivity index (χ0v) is 10.7. The standard InChI is InChI=1S/C3H6O.2In/c1-3(2)4;;/h1-2H3;;. The van der Waals surface area contributed by atoms with Crippen LogP contribution in [0.2, 0.25) is 0 Å². The van der Waals surface area contributed by atoms with Gasteiger partial charge < -0.3 is 4.79 Å². The second kappa shape index (κ2) is 9.65. The first-order valence-electron chi connectivity index (χ1n) is 1.20. The molecule has 3 heteroatoms. The van der Waals surface area contributed by atoms with E-state index >= 15 is 0 Å². The maximum absolute atomic E-state index is 9.44. The molecule has 0 spiro atoms. The van der Waals surface area contributed by atoms with Gasteiger partial charge in [0.05, 0.1) is 0 Å². The minimum atomic E-state index is 0. The molecule has 0 saturated carbocycles. The molecular formula is C3H6In2O. The molecule has 30 valence electrons. The molecule has 0 heterocycles. The van der Waals surface area contributed by atoms with Crippen LogP contribution in [0.5, 0.6) is 0 Å². The minimum absolute atomic E-state index is 0. The first-order valence-corrected chi connectivity index (χ1v) is 1.20. The molecular weight excluding hydrogens is 282 g/mol. The SMILES string of the molecule is CC(C)=O.[In].[In]. The zero-order valence-electron chi connectivity index (χ0n) is 4.06. The number of hydrogen-bond donors (Lipinski definition) is 0. The molecule has 1 nitrogen and oxygen atoms in total. The molecule has 0 aliphatic heterocycles. The van der Waals surface area contributed by atoms with Crippen molar-refractivity contribution in [1.82, 2.24) is 0 Å². The summed E-state index contributed by atoms with van der Waals surface area (Å²) in [4.78, 5) is 9.44. The number of hydrogen-bond acceptors (Lipinski definition) is 1. The van der Waals surface area contributed by atoms with Gasteiger partial charge in [-0.2, -0.15) is 0 Å². The molecule has 0 aromatic heterocycles. The smallest absolute Gasteiger partial charge is 0.126 e. The van der Waals surface area contributed by atoms with E-state index in [4.69, 9.17) is 0 Å². The third-order valence-electron chi connectivity index (χ3n) is 0. The van der Waals surface area contributed by atoms with Gasteiger partial charge in [-0.15, -0.1) is 0 Å². The molecule has 6 radical (unpaired) electrons. The fraction of sp³-hybridized carbons (Fsp3) is 0.667. The Balaban J connectivity index is -0.0000000450. The Morgan fingerprint density at radius 1 is 1.17 bits per heavy atom.